The first kappa shape index (κ1) is 13.5. The summed E-state index contributed by atoms with van der Waals surface area (Å²) in [6, 6.07) is 0. The third-order valence-corrected chi connectivity index (χ3v) is 4.33. The van der Waals surface area contributed by atoms with E-state index >= 15 is 0 Å². The van der Waals surface area contributed by atoms with Gasteiger partial charge in [0.1, 0.15) is 11.8 Å². The first-order chi connectivity index (χ1) is 9.69. The van der Waals surface area contributed by atoms with Gasteiger partial charge in [0.25, 0.3) is 0 Å². The van der Waals surface area contributed by atoms with Crippen molar-refractivity contribution in [3.63, 3.8) is 0 Å². The number of hydrogen-bond acceptors (Lipinski definition) is 5. The normalized spacial score (nSPS) is 16.5. The smallest absolute Gasteiger partial charge is 0.242 e. The second-order valence-electron chi connectivity index (χ2n) is 5.34. The van der Waals surface area contributed by atoms with Crippen molar-refractivity contribution in [1.29, 1.82) is 0 Å². The molecule has 2 aromatic heterocycles. The Hall–Kier alpha value is -1.47. The van der Waals surface area contributed by atoms with Crippen molar-refractivity contribution < 1.29 is 9.47 Å². The largest absolute Gasteiger partial charge is 0.479 e. The number of H-pyrrole nitrogens is 1. The van der Waals surface area contributed by atoms with E-state index in [0.29, 0.717) is 16.1 Å². The minimum absolute atomic E-state index is 0.307. The average molecular weight is 294 g/mol. The minimum atomic E-state index is 0.307. The van der Waals surface area contributed by atoms with E-state index in [1.165, 1.54) is 19.2 Å². The molecule has 1 aliphatic carbocycles. The highest BCUT2D eigenvalue weighted by Crippen LogP contribution is 2.50. The van der Waals surface area contributed by atoms with E-state index in [1.807, 2.05) is 0 Å². The first-order valence-electron chi connectivity index (χ1n) is 6.65. The highest BCUT2D eigenvalue weighted by atomic mass is 32.1. The van der Waals surface area contributed by atoms with Gasteiger partial charge in [-0.15, -0.1) is 0 Å². The molecule has 0 aliphatic heterocycles. The lowest BCUT2D eigenvalue weighted by Gasteiger charge is -2.15. The molecular weight excluding hydrogens is 276 g/mol. The molecular formula is C13H18N4O2S. The summed E-state index contributed by atoms with van der Waals surface area (Å²) in [7, 11) is 3.34. The summed E-state index contributed by atoms with van der Waals surface area (Å²) in [5.41, 5.74) is 1.88. The fraction of sp³-hybridized carbons (Fsp3) is 0.615. The van der Waals surface area contributed by atoms with Crippen LogP contribution in [-0.4, -0.2) is 40.3 Å². The van der Waals surface area contributed by atoms with Crippen molar-refractivity contribution in [3.05, 3.63) is 11.1 Å². The van der Waals surface area contributed by atoms with Gasteiger partial charge >= 0.3 is 0 Å². The van der Waals surface area contributed by atoms with Gasteiger partial charge in [-0.05, 0) is 36.9 Å². The summed E-state index contributed by atoms with van der Waals surface area (Å²) in [6.45, 7) is 1.66. The molecule has 0 unspecified atom stereocenters. The van der Waals surface area contributed by atoms with E-state index in [9.17, 15) is 0 Å². The molecule has 1 fully saturated rings. The van der Waals surface area contributed by atoms with E-state index in [2.05, 4.69) is 19.5 Å². The van der Waals surface area contributed by atoms with Crippen molar-refractivity contribution in [2.75, 3.05) is 20.8 Å². The summed E-state index contributed by atoms with van der Waals surface area (Å²) in [6.07, 6.45) is 5.00. The number of imidazole rings is 1. The van der Waals surface area contributed by atoms with Crippen LogP contribution in [0.1, 0.15) is 19.3 Å². The molecule has 0 spiro atoms. The van der Waals surface area contributed by atoms with Gasteiger partial charge in [-0.1, -0.05) is 0 Å². The van der Waals surface area contributed by atoms with Crippen LogP contribution in [0.15, 0.2) is 6.33 Å². The van der Waals surface area contributed by atoms with Crippen LogP contribution in [0.2, 0.25) is 0 Å². The Morgan fingerprint density at radius 3 is 2.85 bits per heavy atom. The predicted molar refractivity (Wildman–Crippen MR) is 77.4 cm³/mol. The molecule has 7 heteroatoms. The molecule has 0 amide bonds. The van der Waals surface area contributed by atoms with E-state index < -0.39 is 0 Å². The van der Waals surface area contributed by atoms with Crippen LogP contribution in [0.3, 0.4) is 0 Å². The number of hydrogen-bond donors (Lipinski definition) is 1. The van der Waals surface area contributed by atoms with Crippen LogP contribution in [0, 0.1) is 10.2 Å². The maximum absolute atomic E-state index is 5.42. The molecule has 20 heavy (non-hydrogen) atoms. The van der Waals surface area contributed by atoms with Crippen LogP contribution in [0.4, 0.5) is 0 Å². The van der Waals surface area contributed by atoms with Crippen molar-refractivity contribution >= 4 is 23.4 Å². The van der Waals surface area contributed by atoms with Gasteiger partial charge in [0, 0.05) is 20.3 Å². The number of rotatable bonds is 6. The van der Waals surface area contributed by atoms with E-state index in [4.69, 9.17) is 21.7 Å². The molecule has 0 aromatic carbocycles. The van der Waals surface area contributed by atoms with Gasteiger partial charge in [0.05, 0.1) is 7.11 Å². The molecule has 2 heterocycles. The van der Waals surface area contributed by atoms with Gasteiger partial charge < -0.3 is 19.0 Å². The zero-order valence-electron chi connectivity index (χ0n) is 11.7. The molecule has 0 bridgehead atoms. The zero-order valence-corrected chi connectivity index (χ0v) is 12.5. The monoisotopic (exact) mass is 294 g/mol. The second kappa shape index (κ2) is 5.14. The third kappa shape index (κ3) is 2.31. The SMILES string of the molecule is COCCC1(Cn2c(=S)[nH]c3c(OC)ncnc32)CC1. The average Bonchev–Trinajstić information content (AvgIpc) is 3.16. The van der Waals surface area contributed by atoms with E-state index in [-0.39, 0.29) is 0 Å². The third-order valence-electron chi connectivity index (χ3n) is 4.01. The molecule has 1 saturated carbocycles. The van der Waals surface area contributed by atoms with Crippen molar-refractivity contribution in [3.8, 4) is 5.88 Å². The van der Waals surface area contributed by atoms with Gasteiger partial charge in [-0.3, -0.25) is 0 Å². The van der Waals surface area contributed by atoms with E-state index in [1.54, 1.807) is 14.2 Å². The van der Waals surface area contributed by atoms with Crippen molar-refractivity contribution in [2.45, 2.75) is 25.8 Å². The topological polar surface area (TPSA) is 65.0 Å². The Labute approximate surface area is 122 Å². The van der Waals surface area contributed by atoms with Crippen LogP contribution in [0.25, 0.3) is 11.2 Å². The Morgan fingerprint density at radius 2 is 2.20 bits per heavy atom. The fourth-order valence-corrected chi connectivity index (χ4v) is 2.82. The first-order valence-corrected chi connectivity index (χ1v) is 7.06. The number of ether oxygens (including phenoxy) is 2. The lowest BCUT2D eigenvalue weighted by Crippen LogP contribution is -2.14. The second-order valence-corrected chi connectivity index (χ2v) is 5.73. The Kier molecular flexibility index (Phi) is 3.47. The molecule has 3 rings (SSSR count). The molecule has 108 valence electrons. The minimum Gasteiger partial charge on any atom is -0.479 e. The Balaban J connectivity index is 1.96. The molecule has 0 atom stereocenters. The predicted octanol–water partition coefficient (Wildman–Crippen LogP) is 2.31. The van der Waals surface area contributed by atoms with Crippen LogP contribution in [0.5, 0.6) is 5.88 Å². The number of nitrogens with zero attached hydrogens (tertiary/aromatic N) is 3. The molecule has 0 radical (unpaired) electrons. The van der Waals surface area contributed by atoms with Crippen LogP contribution >= 0.6 is 12.2 Å². The summed E-state index contributed by atoms with van der Waals surface area (Å²) >= 11 is 5.42. The number of methoxy groups -OCH3 is 2. The quantitative estimate of drug-likeness (QED) is 0.828. The molecule has 1 aliphatic rings. The van der Waals surface area contributed by atoms with Crippen molar-refractivity contribution in [2.24, 2.45) is 5.41 Å². The van der Waals surface area contributed by atoms with Crippen molar-refractivity contribution in [1.82, 2.24) is 19.5 Å². The highest BCUT2D eigenvalue weighted by Gasteiger charge is 2.42. The highest BCUT2D eigenvalue weighted by molar-refractivity contribution is 7.71. The summed E-state index contributed by atoms with van der Waals surface area (Å²) in [4.78, 5) is 11.6. The van der Waals surface area contributed by atoms with Gasteiger partial charge in [0.15, 0.2) is 10.4 Å². The zero-order chi connectivity index (χ0) is 14.2. The number of fused-ring (bicyclic) bond motifs is 1. The number of nitrogens with one attached hydrogen (secondary N) is 1. The maximum Gasteiger partial charge on any atom is 0.242 e. The maximum atomic E-state index is 5.42. The van der Waals surface area contributed by atoms with Gasteiger partial charge in [0.2, 0.25) is 5.88 Å². The number of aromatic amines is 1. The van der Waals surface area contributed by atoms with Gasteiger partial charge in [-0.2, -0.15) is 4.98 Å². The Morgan fingerprint density at radius 1 is 1.40 bits per heavy atom. The molecule has 1 N–H and O–H groups in total. The van der Waals surface area contributed by atoms with Crippen LogP contribution < -0.4 is 4.74 Å². The standard InChI is InChI=1S/C13H18N4O2S/c1-18-6-5-13(3-4-13)7-17-10-9(16-12(17)20)11(19-2)15-8-14-10/h8H,3-7H2,1-2H3,(H,16,20). The molecule has 0 saturated heterocycles. The van der Waals surface area contributed by atoms with E-state index in [0.717, 1.165) is 30.7 Å². The Bertz CT molecular complexity index is 675. The summed E-state index contributed by atoms with van der Waals surface area (Å²) < 4.78 is 13.2. The number of aromatic nitrogens is 4. The lowest BCUT2D eigenvalue weighted by molar-refractivity contribution is 0.167. The molecule has 2 aromatic rings. The fourth-order valence-electron chi connectivity index (χ4n) is 2.56. The summed E-state index contributed by atoms with van der Waals surface area (Å²) in [5, 5.41) is 0. The van der Waals surface area contributed by atoms with Gasteiger partial charge in [-0.25, -0.2) is 4.98 Å². The van der Waals surface area contributed by atoms with Crippen LogP contribution in [-0.2, 0) is 11.3 Å². The summed E-state index contributed by atoms with van der Waals surface area (Å²) in [5.74, 6) is 0.529. The lowest BCUT2D eigenvalue weighted by atomic mass is 10.0. The molecule has 6 nitrogen and oxygen atoms in total.